The lowest BCUT2D eigenvalue weighted by atomic mass is 10.0. The molecule has 1 aliphatic heterocycles. The van der Waals surface area contributed by atoms with Gasteiger partial charge in [0.05, 0.1) is 17.3 Å². The number of nitrogens with zero attached hydrogens (tertiary/aromatic N) is 2. The van der Waals surface area contributed by atoms with E-state index in [0.717, 1.165) is 31.4 Å². The SMILES string of the molecule is CCCN(CC(=O)Nc1cc(Cl)ccc1Cl)C1CCN(C(=O)c2ccccc2)CC1. The first-order valence-electron chi connectivity index (χ1n) is 10.3. The molecule has 1 saturated heterocycles. The maximum Gasteiger partial charge on any atom is 0.253 e. The number of rotatable bonds is 7. The van der Waals surface area contributed by atoms with Crippen LogP contribution in [0.5, 0.6) is 0 Å². The summed E-state index contributed by atoms with van der Waals surface area (Å²) in [4.78, 5) is 29.4. The van der Waals surface area contributed by atoms with E-state index >= 15 is 0 Å². The number of benzene rings is 2. The highest BCUT2D eigenvalue weighted by atomic mass is 35.5. The zero-order valence-corrected chi connectivity index (χ0v) is 18.6. The van der Waals surface area contributed by atoms with Crippen molar-refractivity contribution >= 4 is 40.7 Å². The third-order valence-electron chi connectivity index (χ3n) is 5.35. The van der Waals surface area contributed by atoms with Gasteiger partial charge in [-0.3, -0.25) is 14.5 Å². The molecule has 2 aromatic carbocycles. The Morgan fingerprint density at radius 2 is 1.80 bits per heavy atom. The van der Waals surface area contributed by atoms with E-state index in [1.54, 1.807) is 18.2 Å². The van der Waals surface area contributed by atoms with Gasteiger partial charge in [-0.2, -0.15) is 0 Å². The number of amides is 2. The van der Waals surface area contributed by atoms with Crippen molar-refractivity contribution in [3.63, 3.8) is 0 Å². The van der Waals surface area contributed by atoms with Crippen molar-refractivity contribution in [2.45, 2.75) is 32.2 Å². The second kappa shape index (κ2) is 10.8. The fourth-order valence-electron chi connectivity index (χ4n) is 3.84. The first-order chi connectivity index (χ1) is 14.5. The van der Waals surface area contributed by atoms with Gasteiger partial charge < -0.3 is 10.2 Å². The number of hydrogen-bond donors (Lipinski definition) is 1. The molecule has 2 amide bonds. The fraction of sp³-hybridized carbons (Fsp3) is 0.391. The molecule has 5 nitrogen and oxygen atoms in total. The summed E-state index contributed by atoms with van der Waals surface area (Å²) >= 11 is 12.2. The minimum absolute atomic E-state index is 0.0735. The van der Waals surface area contributed by atoms with Gasteiger partial charge in [0.2, 0.25) is 5.91 Å². The van der Waals surface area contributed by atoms with Crippen molar-refractivity contribution < 1.29 is 9.59 Å². The average Bonchev–Trinajstić information content (AvgIpc) is 2.76. The normalized spacial score (nSPS) is 14.7. The monoisotopic (exact) mass is 447 g/mol. The summed E-state index contributed by atoms with van der Waals surface area (Å²) in [5, 5.41) is 3.85. The van der Waals surface area contributed by atoms with Crippen molar-refractivity contribution in [2.75, 3.05) is 31.5 Å². The molecule has 1 fully saturated rings. The quantitative estimate of drug-likeness (QED) is 0.652. The molecule has 0 bridgehead atoms. The second-order valence-corrected chi connectivity index (χ2v) is 8.38. The maximum absolute atomic E-state index is 12.7. The van der Waals surface area contributed by atoms with Gasteiger partial charge in [0, 0.05) is 29.7 Å². The van der Waals surface area contributed by atoms with Crippen LogP contribution in [-0.4, -0.2) is 53.8 Å². The highest BCUT2D eigenvalue weighted by molar-refractivity contribution is 6.35. The molecule has 160 valence electrons. The summed E-state index contributed by atoms with van der Waals surface area (Å²) in [5.74, 6) is -0.0418. The van der Waals surface area contributed by atoms with Crippen molar-refractivity contribution in [1.29, 1.82) is 0 Å². The van der Waals surface area contributed by atoms with Crippen molar-refractivity contribution in [1.82, 2.24) is 9.80 Å². The van der Waals surface area contributed by atoms with E-state index in [1.165, 1.54) is 0 Å². The number of carbonyl (C=O) groups is 2. The highest BCUT2D eigenvalue weighted by Gasteiger charge is 2.28. The van der Waals surface area contributed by atoms with Crippen molar-refractivity contribution in [2.24, 2.45) is 0 Å². The van der Waals surface area contributed by atoms with E-state index < -0.39 is 0 Å². The molecule has 2 aromatic rings. The topological polar surface area (TPSA) is 52.7 Å². The molecule has 0 radical (unpaired) electrons. The molecule has 0 unspecified atom stereocenters. The number of piperidine rings is 1. The zero-order chi connectivity index (χ0) is 21.5. The van der Waals surface area contributed by atoms with Gasteiger partial charge in [0.15, 0.2) is 0 Å². The van der Waals surface area contributed by atoms with E-state index in [2.05, 4.69) is 17.1 Å². The third-order valence-corrected chi connectivity index (χ3v) is 5.91. The molecular weight excluding hydrogens is 421 g/mol. The van der Waals surface area contributed by atoms with E-state index in [4.69, 9.17) is 23.2 Å². The van der Waals surface area contributed by atoms with E-state index in [1.807, 2.05) is 35.2 Å². The Hall–Kier alpha value is -2.08. The van der Waals surface area contributed by atoms with Gasteiger partial charge in [0.1, 0.15) is 0 Å². The first kappa shape index (κ1) is 22.6. The van der Waals surface area contributed by atoms with E-state index in [-0.39, 0.29) is 24.4 Å². The summed E-state index contributed by atoms with van der Waals surface area (Å²) in [6.45, 7) is 4.61. The van der Waals surface area contributed by atoms with Gasteiger partial charge in [-0.05, 0) is 56.1 Å². The molecule has 3 rings (SSSR count). The van der Waals surface area contributed by atoms with Crippen LogP contribution in [0, 0.1) is 0 Å². The number of halogens is 2. The molecule has 0 spiro atoms. The zero-order valence-electron chi connectivity index (χ0n) is 17.1. The predicted octanol–water partition coefficient (Wildman–Crippen LogP) is 4.95. The van der Waals surface area contributed by atoms with Crippen LogP contribution < -0.4 is 5.32 Å². The van der Waals surface area contributed by atoms with Crippen LogP contribution in [0.25, 0.3) is 0 Å². The van der Waals surface area contributed by atoms with Gasteiger partial charge >= 0.3 is 0 Å². The molecule has 1 heterocycles. The lowest BCUT2D eigenvalue weighted by Gasteiger charge is -2.38. The molecule has 7 heteroatoms. The smallest absolute Gasteiger partial charge is 0.253 e. The molecule has 0 atom stereocenters. The van der Waals surface area contributed by atoms with Gasteiger partial charge in [-0.25, -0.2) is 0 Å². The van der Waals surface area contributed by atoms with Crippen molar-refractivity contribution in [3.8, 4) is 0 Å². The summed E-state index contributed by atoms with van der Waals surface area (Å²) in [6.07, 6.45) is 2.65. The highest BCUT2D eigenvalue weighted by Crippen LogP contribution is 2.25. The lowest BCUT2D eigenvalue weighted by molar-refractivity contribution is -0.118. The van der Waals surface area contributed by atoms with Crippen molar-refractivity contribution in [3.05, 3.63) is 64.1 Å². The van der Waals surface area contributed by atoms with Gasteiger partial charge in [0.25, 0.3) is 5.91 Å². The Labute approximate surface area is 187 Å². The Morgan fingerprint density at radius 3 is 2.47 bits per heavy atom. The van der Waals surface area contributed by atoms with Crippen LogP contribution in [0.1, 0.15) is 36.5 Å². The van der Waals surface area contributed by atoms with Crippen LogP contribution in [0.2, 0.25) is 10.0 Å². The number of anilines is 1. The minimum Gasteiger partial charge on any atom is -0.339 e. The minimum atomic E-state index is -0.115. The molecule has 0 saturated carbocycles. The number of hydrogen-bond acceptors (Lipinski definition) is 3. The molecule has 1 N–H and O–H groups in total. The fourth-order valence-corrected chi connectivity index (χ4v) is 4.18. The van der Waals surface area contributed by atoms with Gasteiger partial charge in [-0.15, -0.1) is 0 Å². The van der Waals surface area contributed by atoms with E-state index in [9.17, 15) is 9.59 Å². The largest absolute Gasteiger partial charge is 0.339 e. The Morgan fingerprint density at radius 1 is 1.10 bits per heavy atom. The van der Waals surface area contributed by atoms with Crippen LogP contribution in [0.3, 0.4) is 0 Å². The van der Waals surface area contributed by atoms with Gasteiger partial charge in [-0.1, -0.05) is 48.3 Å². The molecular formula is C23H27Cl2N3O2. The predicted molar refractivity (Wildman–Crippen MR) is 122 cm³/mol. The Balaban J connectivity index is 1.57. The molecule has 30 heavy (non-hydrogen) atoms. The van der Waals surface area contributed by atoms with E-state index in [0.29, 0.717) is 28.8 Å². The van der Waals surface area contributed by atoms with Crippen LogP contribution in [-0.2, 0) is 4.79 Å². The Bertz CT molecular complexity index is 868. The first-order valence-corrected chi connectivity index (χ1v) is 11.1. The summed E-state index contributed by atoms with van der Waals surface area (Å²) < 4.78 is 0. The number of likely N-dealkylation sites (tertiary alicyclic amines) is 1. The Kier molecular flexibility index (Phi) is 8.14. The van der Waals surface area contributed by atoms with Crippen LogP contribution in [0.15, 0.2) is 48.5 Å². The average molecular weight is 448 g/mol. The number of nitrogens with one attached hydrogen (secondary N) is 1. The summed E-state index contributed by atoms with van der Waals surface area (Å²) in [5.41, 5.74) is 1.24. The molecule has 0 aliphatic carbocycles. The standard InChI is InChI=1S/C23H27Cl2N3O2/c1-2-12-28(16-22(29)26-21-15-18(24)8-9-20(21)25)19-10-13-27(14-11-19)23(30)17-6-4-3-5-7-17/h3-9,15,19H,2,10-14,16H2,1H3,(H,26,29). The summed E-state index contributed by atoms with van der Waals surface area (Å²) in [6, 6.07) is 14.7. The van der Waals surface area contributed by atoms with Crippen LogP contribution >= 0.6 is 23.2 Å². The summed E-state index contributed by atoms with van der Waals surface area (Å²) in [7, 11) is 0. The lowest BCUT2D eigenvalue weighted by Crippen LogP contribution is -2.49. The third kappa shape index (κ3) is 5.97. The molecule has 0 aromatic heterocycles. The molecule has 1 aliphatic rings. The van der Waals surface area contributed by atoms with Crippen LogP contribution in [0.4, 0.5) is 5.69 Å². The number of carbonyl (C=O) groups excluding carboxylic acids is 2. The second-order valence-electron chi connectivity index (χ2n) is 7.53. The maximum atomic E-state index is 12.7.